The van der Waals surface area contributed by atoms with Gasteiger partial charge in [-0.05, 0) is 25.5 Å². The molecule has 0 bridgehead atoms. The van der Waals surface area contributed by atoms with Gasteiger partial charge in [0.25, 0.3) is 0 Å². The molecule has 1 aromatic rings. The molecule has 90 valence electrons. The molecule has 0 saturated heterocycles. The molecule has 0 aliphatic rings. The van der Waals surface area contributed by atoms with Crippen LogP contribution in [0.5, 0.6) is 11.5 Å². The van der Waals surface area contributed by atoms with Crippen molar-refractivity contribution in [2.45, 2.75) is 25.3 Å². The van der Waals surface area contributed by atoms with Gasteiger partial charge in [-0.2, -0.15) is 0 Å². The van der Waals surface area contributed by atoms with Gasteiger partial charge in [-0.25, -0.2) is 0 Å². The Morgan fingerprint density at radius 3 is 2.69 bits per heavy atom. The van der Waals surface area contributed by atoms with E-state index in [-0.39, 0.29) is 11.8 Å². The summed E-state index contributed by atoms with van der Waals surface area (Å²) in [5.74, 6) is 0.829. The second-order valence-electron chi connectivity index (χ2n) is 3.82. The van der Waals surface area contributed by atoms with Crippen LogP contribution in [0.3, 0.4) is 0 Å². The molecule has 4 heteroatoms. The van der Waals surface area contributed by atoms with Gasteiger partial charge in [0.2, 0.25) is 0 Å². The standard InChI is InChI=1S/C12H20N2O2/c1-16-9-5-6-10(12(15)8-9)11(14)4-2-3-7-13/h5-6,8,11,15H,2-4,7,13-14H2,1H3/t11-/m0/s1. The number of nitrogens with two attached hydrogens (primary N) is 2. The number of benzene rings is 1. The molecular formula is C12H20N2O2. The first-order valence-electron chi connectivity index (χ1n) is 5.51. The van der Waals surface area contributed by atoms with Gasteiger partial charge < -0.3 is 21.3 Å². The zero-order chi connectivity index (χ0) is 12.0. The molecule has 0 aliphatic heterocycles. The van der Waals surface area contributed by atoms with Crippen LogP contribution in [0.4, 0.5) is 0 Å². The number of aromatic hydroxyl groups is 1. The smallest absolute Gasteiger partial charge is 0.124 e. The van der Waals surface area contributed by atoms with Crippen molar-refractivity contribution in [2.24, 2.45) is 11.5 Å². The summed E-state index contributed by atoms with van der Waals surface area (Å²) < 4.78 is 5.01. The van der Waals surface area contributed by atoms with E-state index in [9.17, 15) is 5.11 Å². The Kier molecular flexibility index (Phi) is 5.08. The molecule has 1 aromatic carbocycles. The Hall–Kier alpha value is -1.26. The number of hydrogen-bond acceptors (Lipinski definition) is 4. The largest absolute Gasteiger partial charge is 0.507 e. The van der Waals surface area contributed by atoms with Gasteiger partial charge in [-0.1, -0.05) is 12.5 Å². The highest BCUT2D eigenvalue weighted by Gasteiger charge is 2.11. The van der Waals surface area contributed by atoms with Crippen molar-refractivity contribution in [3.05, 3.63) is 23.8 Å². The van der Waals surface area contributed by atoms with Gasteiger partial charge in [0, 0.05) is 17.7 Å². The lowest BCUT2D eigenvalue weighted by atomic mass is 10.0. The van der Waals surface area contributed by atoms with Crippen LogP contribution < -0.4 is 16.2 Å². The van der Waals surface area contributed by atoms with Crippen molar-refractivity contribution >= 4 is 0 Å². The highest BCUT2D eigenvalue weighted by atomic mass is 16.5. The third-order valence-corrected chi connectivity index (χ3v) is 2.61. The topological polar surface area (TPSA) is 81.5 Å². The quantitative estimate of drug-likeness (QED) is 0.640. The Morgan fingerprint density at radius 2 is 2.12 bits per heavy atom. The third-order valence-electron chi connectivity index (χ3n) is 2.61. The third kappa shape index (κ3) is 3.40. The molecule has 0 fully saturated rings. The van der Waals surface area contributed by atoms with Crippen molar-refractivity contribution in [1.82, 2.24) is 0 Å². The normalized spacial score (nSPS) is 12.4. The van der Waals surface area contributed by atoms with Crippen molar-refractivity contribution in [3.8, 4) is 11.5 Å². The van der Waals surface area contributed by atoms with Gasteiger partial charge in [0.1, 0.15) is 11.5 Å². The maximum absolute atomic E-state index is 9.76. The highest BCUT2D eigenvalue weighted by molar-refractivity contribution is 5.41. The average Bonchev–Trinajstić information content (AvgIpc) is 2.29. The van der Waals surface area contributed by atoms with Crippen molar-refractivity contribution in [1.29, 1.82) is 0 Å². The number of rotatable bonds is 6. The van der Waals surface area contributed by atoms with E-state index in [1.807, 2.05) is 0 Å². The number of hydrogen-bond donors (Lipinski definition) is 3. The van der Waals surface area contributed by atoms with Crippen molar-refractivity contribution < 1.29 is 9.84 Å². The SMILES string of the molecule is COc1ccc([C@@H](N)CCCCN)c(O)c1. The molecule has 0 saturated carbocycles. The molecule has 0 amide bonds. The second kappa shape index (κ2) is 6.35. The second-order valence-corrected chi connectivity index (χ2v) is 3.82. The van der Waals surface area contributed by atoms with E-state index < -0.39 is 0 Å². The fourth-order valence-corrected chi connectivity index (χ4v) is 1.63. The van der Waals surface area contributed by atoms with E-state index in [1.54, 1.807) is 25.3 Å². The molecule has 0 radical (unpaired) electrons. The lowest BCUT2D eigenvalue weighted by Crippen LogP contribution is -2.11. The molecule has 1 atom stereocenters. The number of methoxy groups -OCH3 is 1. The fourth-order valence-electron chi connectivity index (χ4n) is 1.63. The fraction of sp³-hybridized carbons (Fsp3) is 0.500. The van der Waals surface area contributed by atoms with E-state index in [4.69, 9.17) is 16.2 Å². The first kappa shape index (κ1) is 12.8. The van der Waals surface area contributed by atoms with Gasteiger partial charge in [-0.15, -0.1) is 0 Å². The summed E-state index contributed by atoms with van der Waals surface area (Å²) >= 11 is 0. The van der Waals surface area contributed by atoms with Crippen LogP contribution >= 0.6 is 0 Å². The Labute approximate surface area is 96.2 Å². The van der Waals surface area contributed by atoms with Crippen LogP contribution in [-0.2, 0) is 0 Å². The monoisotopic (exact) mass is 224 g/mol. The summed E-state index contributed by atoms with van der Waals surface area (Å²) in [6, 6.07) is 5.05. The zero-order valence-electron chi connectivity index (χ0n) is 9.65. The van der Waals surface area contributed by atoms with Crippen molar-refractivity contribution in [3.63, 3.8) is 0 Å². The molecule has 0 heterocycles. The maximum atomic E-state index is 9.76. The number of unbranched alkanes of at least 4 members (excludes halogenated alkanes) is 1. The number of phenols is 1. The first-order chi connectivity index (χ1) is 7.69. The van der Waals surface area contributed by atoms with Gasteiger partial charge >= 0.3 is 0 Å². The highest BCUT2D eigenvalue weighted by Crippen LogP contribution is 2.29. The van der Waals surface area contributed by atoms with Gasteiger partial charge in [0.05, 0.1) is 7.11 Å². The molecule has 16 heavy (non-hydrogen) atoms. The lowest BCUT2D eigenvalue weighted by Gasteiger charge is -2.14. The average molecular weight is 224 g/mol. The van der Waals surface area contributed by atoms with Crippen LogP contribution in [0.15, 0.2) is 18.2 Å². The number of ether oxygens (including phenoxy) is 1. The predicted octanol–water partition coefficient (Wildman–Crippen LogP) is 1.53. The molecule has 0 spiro atoms. The molecule has 0 aliphatic carbocycles. The predicted molar refractivity (Wildman–Crippen MR) is 64.5 cm³/mol. The summed E-state index contributed by atoms with van der Waals surface area (Å²) in [5, 5.41) is 9.76. The molecule has 0 unspecified atom stereocenters. The Morgan fingerprint density at radius 1 is 1.38 bits per heavy atom. The number of phenolic OH excluding ortho intramolecular Hbond substituents is 1. The van der Waals surface area contributed by atoms with Crippen LogP contribution in [0.25, 0.3) is 0 Å². The van der Waals surface area contributed by atoms with Crippen LogP contribution in [0.1, 0.15) is 30.9 Å². The van der Waals surface area contributed by atoms with Gasteiger partial charge in [0.15, 0.2) is 0 Å². The minimum atomic E-state index is -0.141. The Bertz CT molecular complexity index is 329. The molecule has 4 nitrogen and oxygen atoms in total. The molecule has 0 aromatic heterocycles. The molecule has 5 N–H and O–H groups in total. The summed E-state index contributed by atoms with van der Waals surface area (Å²) in [6.07, 6.45) is 2.77. The van der Waals surface area contributed by atoms with E-state index in [2.05, 4.69) is 0 Å². The van der Waals surface area contributed by atoms with Crippen LogP contribution in [0, 0.1) is 0 Å². The van der Waals surface area contributed by atoms with Gasteiger partial charge in [-0.3, -0.25) is 0 Å². The van der Waals surface area contributed by atoms with E-state index in [0.29, 0.717) is 12.3 Å². The first-order valence-corrected chi connectivity index (χ1v) is 5.51. The van der Waals surface area contributed by atoms with Crippen LogP contribution in [0.2, 0.25) is 0 Å². The summed E-state index contributed by atoms with van der Waals surface area (Å²) in [7, 11) is 1.57. The zero-order valence-corrected chi connectivity index (χ0v) is 9.65. The minimum absolute atomic E-state index is 0.141. The lowest BCUT2D eigenvalue weighted by molar-refractivity contribution is 0.404. The van der Waals surface area contributed by atoms with E-state index in [0.717, 1.165) is 24.8 Å². The van der Waals surface area contributed by atoms with E-state index in [1.165, 1.54) is 0 Å². The summed E-state index contributed by atoms with van der Waals surface area (Å²) in [5.41, 5.74) is 12.2. The molecule has 1 rings (SSSR count). The van der Waals surface area contributed by atoms with Crippen LogP contribution in [-0.4, -0.2) is 18.8 Å². The summed E-state index contributed by atoms with van der Waals surface area (Å²) in [6.45, 7) is 0.682. The maximum Gasteiger partial charge on any atom is 0.124 e. The Balaban J connectivity index is 2.64. The minimum Gasteiger partial charge on any atom is -0.507 e. The molecular weight excluding hydrogens is 204 g/mol. The van der Waals surface area contributed by atoms with Crippen molar-refractivity contribution in [2.75, 3.05) is 13.7 Å². The summed E-state index contributed by atoms with van der Waals surface area (Å²) in [4.78, 5) is 0. The van der Waals surface area contributed by atoms with E-state index >= 15 is 0 Å².